The van der Waals surface area contributed by atoms with E-state index in [1.54, 1.807) is 0 Å². The lowest BCUT2D eigenvalue weighted by Crippen LogP contribution is -2.11. The minimum Gasteiger partial charge on any atom is -0.481 e. The van der Waals surface area contributed by atoms with Crippen LogP contribution < -0.4 is 0 Å². The largest absolute Gasteiger partial charge is 0.481 e. The number of tetrazole rings is 1. The van der Waals surface area contributed by atoms with Crippen LogP contribution >= 0.6 is 0 Å². The zero-order valence-electron chi connectivity index (χ0n) is 10.0. The maximum absolute atomic E-state index is 10.5. The van der Waals surface area contributed by atoms with Crippen LogP contribution in [0, 0.1) is 0 Å². The van der Waals surface area contributed by atoms with E-state index in [4.69, 9.17) is 5.11 Å². The van der Waals surface area contributed by atoms with Gasteiger partial charge >= 0.3 is 5.97 Å². The van der Waals surface area contributed by atoms with Crippen LogP contribution in [-0.2, 0) is 4.79 Å². The van der Waals surface area contributed by atoms with Gasteiger partial charge in [-0.25, -0.2) is 0 Å². The SMILES string of the molecule is CC(CCC(=O)O)n1nnc(-c2ccccc2)n1. The van der Waals surface area contributed by atoms with Gasteiger partial charge < -0.3 is 5.11 Å². The quantitative estimate of drug-likeness (QED) is 0.869. The van der Waals surface area contributed by atoms with Gasteiger partial charge in [0, 0.05) is 12.0 Å². The first-order valence-electron chi connectivity index (χ1n) is 5.73. The van der Waals surface area contributed by atoms with Gasteiger partial charge in [0.1, 0.15) is 0 Å². The number of nitrogens with zero attached hydrogens (tertiary/aromatic N) is 4. The van der Waals surface area contributed by atoms with Crippen LogP contribution in [0.3, 0.4) is 0 Å². The average Bonchev–Trinajstić information content (AvgIpc) is 2.86. The van der Waals surface area contributed by atoms with E-state index in [0.29, 0.717) is 12.2 Å². The van der Waals surface area contributed by atoms with Crippen LogP contribution in [0.4, 0.5) is 0 Å². The molecule has 2 rings (SSSR count). The molecule has 1 unspecified atom stereocenters. The minimum atomic E-state index is -0.815. The Morgan fingerprint density at radius 3 is 2.78 bits per heavy atom. The highest BCUT2D eigenvalue weighted by Crippen LogP contribution is 2.15. The summed E-state index contributed by atoms with van der Waals surface area (Å²) in [7, 11) is 0. The molecule has 1 aromatic heterocycles. The maximum atomic E-state index is 10.5. The molecule has 1 aromatic carbocycles. The van der Waals surface area contributed by atoms with Gasteiger partial charge in [-0.3, -0.25) is 4.79 Å². The molecule has 0 fully saturated rings. The molecule has 6 nitrogen and oxygen atoms in total. The molecule has 94 valence electrons. The molecule has 0 aliphatic carbocycles. The molecular formula is C12H14N4O2. The van der Waals surface area contributed by atoms with Crippen molar-refractivity contribution in [3.05, 3.63) is 30.3 Å². The zero-order valence-corrected chi connectivity index (χ0v) is 10.0. The van der Waals surface area contributed by atoms with Gasteiger partial charge in [-0.05, 0) is 18.6 Å². The highest BCUT2D eigenvalue weighted by molar-refractivity contribution is 5.66. The van der Waals surface area contributed by atoms with Crippen molar-refractivity contribution in [2.75, 3.05) is 0 Å². The summed E-state index contributed by atoms with van der Waals surface area (Å²) in [6, 6.07) is 9.47. The van der Waals surface area contributed by atoms with Gasteiger partial charge in [-0.1, -0.05) is 30.3 Å². The molecule has 0 bridgehead atoms. The molecule has 18 heavy (non-hydrogen) atoms. The highest BCUT2D eigenvalue weighted by atomic mass is 16.4. The Hall–Kier alpha value is -2.24. The Morgan fingerprint density at radius 1 is 1.39 bits per heavy atom. The van der Waals surface area contributed by atoms with Gasteiger partial charge in [0.15, 0.2) is 0 Å². The van der Waals surface area contributed by atoms with Gasteiger partial charge in [0.2, 0.25) is 5.82 Å². The lowest BCUT2D eigenvalue weighted by molar-refractivity contribution is -0.137. The van der Waals surface area contributed by atoms with Crippen LogP contribution in [0.15, 0.2) is 30.3 Å². The molecule has 0 saturated heterocycles. The molecule has 2 aromatic rings. The molecule has 1 atom stereocenters. The topological polar surface area (TPSA) is 80.9 Å². The smallest absolute Gasteiger partial charge is 0.303 e. The van der Waals surface area contributed by atoms with Gasteiger partial charge in [-0.15, -0.1) is 10.2 Å². The van der Waals surface area contributed by atoms with E-state index < -0.39 is 5.97 Å². The van der Waals surface area contributed by atoms with E-state index in [-0.39, 0.29) is 12.5 Å². The summed E-state index contributed by atoms with van der Waals surface area (Å²) in [5, 5.41) is 20.8. The third-order valence-corrected chi connectivity index (χ3v) is 2.63. The number of hydrogen-bond donors (Lipinski definition) is 1. The Balaban J connectivity index is 2.08. The lowest BCUT2D eigenvalue weighted by Gasteiger charge is -2.06. The van der Waals surface area contributed by atoms with Gasteiger partial charge in [-0.2, -0.15) is 4.80 Å². The molecule has 0 saturated carbocycles. The number of hydrogen-bond acceptors (Lipinski definition) is 4. The van der Waals surface area contributed by atoms with Crippen molar-refractivity contribution in [2.24, 2.45) is 0 Å². The fourth-order valence-corrected chi connectivity index (χ4v) is 1.56. The summed E-state index contributed by atoms with van der Waals surface area (Å²) >= 11 is 0. The Morgan fingerprint density at radius 2 is 2.11 bits per heavy atom. The normalized spacial score (nSPS) is 12.3. The standard InChI is InChI=1S/C12H14N4O2/c1-9(7-8-11(17)18)16-14-12(13-15-16)10-5-3-2-4-6-10/h2-6,9H,7-8H2,1H3,(H,17,18). The fraction of sp³-hybridized carbons (Fsp3) is 0.333. The summed E-state index contributed by atoms with van der Waals surface area (Å²) in [6.45, 7) is 1.87. The first kappa shape index (κ1) is 12.2. The van der Waals surface area contributed by atoms with Crippen LogP contribution in [0.1, 0.15) is 25.8 Å². The first-order valence-corrected chi connectivity index (χ1v) is 5.73. The van der Waals surface area contributed by atoms with Crippen molar-refractivity contribution in [3.63, 3.8) is 0 Å². The predicted octanol–water partition coefficient (Wildman–Crippen LogP) is 1.77. The third-order valence-electron chi connectivity index (χ3n) is 2.63. The Bertz CT molecular complexity index is 524. The molecule has 0 amide bonds. The second-order valence-electron chi connectivity index (χ2n) is 4.08. The van der Waals surface area contributed by atoms with Crippen molar-refractivity contribution in [2.45, 2.75) is 25.8 Å². The number of carboxylic acid groups (broad SMARTS) is 1. The minimum absolute atomic E-state index is 0.0777. The molecule has 0 spiro atoms. The monoisotopic (exact) mass is 246 g/mol. The summed E-state index contributed by atoms with van der Waals surface area (Å²) < 4.78 is 0. The zero-order chi connectivity index (χ0) is 13.0. The van der Waals surface area contributed by atoms with Crippen molar-refractivity contribution < 1.29 is 9.90 Å². The van der Waals surface area contributed by atoms with E-state index in [0.717, 1.165) is 5.56 Å². The second kappa shape index (κ2) is 5.39. The summed E-state index contributed by atoms with van der Waals surface area (Å²) in [5.74, 6) is -0.261. The number of aliphatic carboxylic acids is 1. The summed E-state index contributed by atoms with van der Waals surface area (Å²) in [5.41, 5.74) is 0.897. The first-order chi connectivity index (χ1) is 8.66. The van der Waals surface area contributed by atoms with Crippen LogP contribution in [0.25, 0.3) is 11.4 Å². The third kappa shape index (κ3) is 2.91. The van der Waals surface area contributed by atoms with Gasteiger partial charge in [0.05, 0.1) is 6.04 Å². The molecular weight excluding hydrogens is 232 g/mol. The second-order valence-corrected chi connectivity index (χ2v) is 4.08. The van der Waals surface area contributed by atoms with E-state index in [2.05, 4.69) is 15.4 Å². The summed E-state index contributed by atoms with van der Waals surface area (Å²) in [4.78, 5) is 12.0. The highest BCUT2D eigenvalue weighted by Gasteiger charge is 2.12. The molecule has 0 aliphatic heterocycles. The van der Waals surface area contributed by atoms with Crippen molar-refractivity contribution in [3.8, 4) is 11.4 Å². The maximum Gasteiger partial charge on any atom is 0.303 e. The molecule has 0 aliphatic rings. The number of rotatable bonds is 5. The number of carboxylic acids is 1. The number of aromatic nitrogens is 4. The number of carbonyl (C=O) groups is 1. The summed E-state index contributed by atoms with van der Waals surface area (Å²) in [6.07, 6.45) is 0.587. The molecule has 0 radical (unpaired) electrons. The van der Waals surface area contributed by atoms with E-state index >= 15 is 0 Å². The average molecular weight is 246 g/mol. The van der Waals surface area contributed by atoms with Crippen LogP contribution in [-0.4, -0.2) is 31.3 Å². The van der Waals surface area contributed by atoms with E-state index in [9.17, 15) is 4.79 Å². The van der Waals surface area contributed by atoms with Crippen molar-refractivity contribution in [1.82, 2.24) is 20.2 Å². The number of benzene rings is 1. The lowest BCUT2D eigenvalue weighted by atomic mass is 10.2. The van der Waals surface area contributed by atoms with E-state index in [1.807, 2.05) is 37.3 Å². The van der Waals surface area contributed by atoms with Crippen molar-refractivity contribution in [1.29, 1.82) is 0 Å². The van der Waals surface area contributed by atoms with Crippen molar-refractivity contribution >= 4 is 5.97 Å². The van der Waals surface area contributed by atoms with E-state index in [1.165, 1.54) is 4.80 Å². The molecule has 6 heteroatoms. The van der Waals surface area contributed by atoms with Gasteiger partial charge in [0.25, 0.3) is 0 Å². The molecule has 1 N–H and O–H groups in total. The van der Waals surface area contributed by atoms with Crippen LogP contribution in [0.2, 0.25) is 0 Å². The van der Waals surface area contributed by atoms with Crippen LogP contribution in [0.5, 0.6) is 0 Å². The molecule has 1 heterocycles. The predicted molar refractivity (Wildman–Crippen MR) is 64.8 cm³/mol. The Kier molecular flexibility index (Phi) is 3.66. The fourth-order valence-electron chi connectivity index (χ4n) is 1.56. The Labute approximate surface area is 104 Å².